The second kappa shape index (κ2) is 6.28. The van der Waals surface area contributed by atoms with Crippen LogP contribution in [-0.2, 0) is 4.79 Å². The number of hydrogen-bond donors (Lipinski definition) is 2. The van der Waals surface area contributed by atoms with Crippen LogP contribution in [0.1, 0.15) is 38.1 Å². The van der Waals surface area contributed by atoms with Crippen molar-refractivity contribution in [2.45, 2.75) is 46.6 Å². The summed E-state index contributed by atoms with van der Waals surface area (Å²) in [4.78, 5) is 22.8. The Labute approximate surface area is 126 Å². The van der Waals surface area contributed by atoms with Crippen molar-refractivity contribution in [1.29, 1.82) is 0 Å². The first kappa shape index (κ1) is 15.5. The summed E-state index contributed by atoms with van der Waals surface area (Å²) >= 11 is 0. The van der Waals surface area contributed by atoms with Crippen molar-refractivity contribution in [3.63, 3.8) is 0 Å². The number of aromatic nitrogens is 2. The minimum absolute atomic E-state index is 0.0987. The van der Waals surface area contributed by atoms with Gasteiger partial charge in [0.15, 0.2) is 0 Å². The summed E-state index contributed by atoms with van der Waals surface area (Å²) in [5, 5.41) is 3.28. The Morgan fingerprint density at radius 1 is 1.38 bits per heavy atom. The standard InChI is InChI=1S/C15H25N5O/c1-5-17-14-10(3)15(19-11(4)18-14)20-8-12(13(16)21)7-6-9(20)2/h9,12H,5-8H2,1-4H3,(H2,16,21)(H,17,18,19). The molecule has 116 valence electrons. The van der Waals surface area contributed by atoms with Crippen molar-refractivity contribution in [2.75, 3.05) is 23.3 Å². The molecule has 2 rings (SSSR count). The minimum Gasteiger partial charge on any atom is -0.370 e. The molecule has 2 heterocycles. The van der Waals surface area contributed by atoms with Crippen molar-refractivity contribution in [2.24, 2.45) is 11.7 Å². The zero-order valence-corrected chi connectivity index (χ0v) is 13.3. The van der Waals surface area contributed by atoms with Gasteiger partial charge in [-0.1, -0.05) is 0 Å². The summed E-state index contributed by atoms with van der Waals surface area (Å²) in [6, 6.07) is 0.350. The topological polar surface area (TPSA) is 84.1 Å². The van der Waals surface area contributed by atoms with E-state index >= 15 is 0 Å². The molecule has 21 heavy (non-hydrogen) atoms. The van der Waals surface area contributed by atoms with Gasteiger partial charge in [-0.05, 0) is 40.5 Å². The molecule has 1 aromatic rings. The number of carbonyl (C=O) groups excluding carboxylic acids is 1. The van der Waals surface area contributed by atoms with Crippen molar-refractivity contribution < 1.29 is 4.79 Å². The van der Waals surface area contributed by atoms with Gasteiger partial charge in [-0.3, -0.25) is 4.79 Å². The minimum atomic E-state index is -0.220. The molecule has 0 bridgehead atoms. The van der Waals surface area contributed by atoms with Gasteiger partial charge in [0.05, 0.1) is 5.92 Å². The van der Waals surface area contributed by atoms with E-state index in [-0.39, 0.29) is 11.8 Å². The normalized spacial score (nSPS) is 22.2. The van der Waals surface area contributed by atoms with Gasteiger partial charge < -0.3 is 16.0 Å². The number of nitrogens with two attached hydrogens (primary N) is 1. The molecule has 3 N–H and O–H groups in total. The number of anilines is 2. The van der Waals surface area contributed by atoms with E-state index < -0.39 is 0 Å². The van der Waals surface area contributed by atoms with E-state index in [9.17, 15) is 4.79 Å². The van der Waals surface area contributed by atoms with Gasteiger partial charge in [0.2, 0.25) is 5.91 Å². The van der Waals surface area contributed by atoms with Crippen molar-refractivity contribution in [3.05, 3.63) is 11.4 Å². The lowest BCUT2D eigenvalue weighted by Gasteiger charge is -2.38. The number of nitrogens with zero attached hydrogens (tertiary/aromatic N) is 3. The number of nitrogens with one attached hydrogen (secondary N) is 1. The molecule has 1 amide bonds. The number of piperidine rings is 1. The van der Waals surface area contributed by atoms with Gasteiger partial charge in [-0.15, -0.1) is 0 Å². The Bertz CT molecular complexity index is 531. The molecule has 0 radical (unpaired) electrons. The number of rotatable bonds is 4. The summed E-state index contributed by atoms with van der Waals surface area (Å²) in [6.07, 6.45) is 1.81. The molecule has 1 aromatic heterocycles. The molecule has 1 aliphatic rings. The maximum Gasteiger partial charge on any atom is 0.222 e. The summed E-state index contributed by atoms with van der Waals surface area (Å²) in [5.41, 5.74) is 6.52. The third-order valence-electron chi connectivity index (χ3n) is 4.13. The fourth-order valence-electron chi connectivity index (χ4n) is 2.87. The van der Waals surface area contributed by atoms with Crippen LogP contribution < -0.4 is 16.0 Å². The molecule has 0 spiro atoms. The summed E-state index contributed by atoms with van der Waals surface area (Å²) < 4.78 is 0. The van der Waals surface area contributed by atoms with Gasteiger partial charge in [0.1, 0.15) is 17.5 Å². The van der Waals surface area contributed by atoms with E-state index in [2.05, 4.69) is 27.1 Å². The van der Waals surface area contributed by atoms with Crippen LogP contribution in [0.25, 0.3) is 0 Å². The SMILES string of the molecule is CCNc1nc(C)nc(N2CC(C(N)=O)CCC2C)c1C. The van der Waals surface area contributed by atoms with Crippen LogP contribution in [0, 0.1) is 19.8 Å². The molecule has 2 atom stereocenters. The first-order valence-electron chi connectivity index (χ1n) is 7.59. The number of aryl methyl sites for hydroxylation is 1. The molecule has 2 unspecified atom stereocenters. The third kappa shape index (κ3) is 3.25. The largest absolute Gasteiger partial charge is 0.370 e. The molecule has 6 heteroatoms. The molecule has 0 aliphatic carbocycles. The number of carbonyl (C=O) groups is 1. The molecule has 0 saturated carbocycles. The van der Waals surface area contributed by atoms with Crippen LogP contribution in [0.15, 0.2) is 0 Å². The number of primary amides is 1. The quantitative estimate of drug-likeness (QED) is 0.880. The number of hydrogen-bond acceptors (Lipinski definition) is 5. The average molecular weight is 291 g/mol. The Morgan fingerprint density at radius 2 is 2.10 bits per heavy atom. The van der Waals surface area contributed by atoms with Gasteiger partial charge in [-0.25, -0.2) is 9.97 Å². The highest BCUT2D eigenvalue weighted by molar-refractivity contribution is 5.77. The van der Waals surface area contributed by atoms with Crippen LogP contribution >= 0.6 is 0 Å². The van der Waals surface area contributed by atoms with E-state index in [0.717, 1.165) is 42.4 Å². The lowest BCUT2D eigenvalue weighted by molar-refractivity contribution is -0.122. The zero-order valence-electron chi connectivity index (χ0n) is 13.3. The molecule has 6 nitrogen and oxygen atoms in total. The Kier molecular flexibility index (Phi) is 4.65. The van der Waals surface area contributed by atoms with Crippen LogP contribution in [-0.4, -0.2) is 35.0 Å². The molecular formula is C15H25N5O. The second-order valence-electron chi connectivity index (χ2n) is 5.78. The van der Waals surface area contributed by atoms with Crippen molar-refractivity contribution in [3.8, 4) is 0 Å². The van der Waals surface area contributed by atoms with E-state index in [1.807, 2.05) is 20.8 Å². The van der Waals surface area contributed by atoms with E-state index in [1.165, 1.54) is 0 Å². The average Bonchev–Trinajstić information content (AvgIpc) is 2.43. The van der Waals surface area contributed by atoms with Crippen LogP contribution in [0.2, 0.25) is 0 Å². The summed E-state index contributed by atoms with van der Waals surface area (Å²) in [7, 11) is 0. The van der Waals surface area contributed by atoms with Crippen LogP contribution in [0.4, 0.5) is 11.6 Å². The third-order valence-corrected chi connectivity index (χ3v) is 4.13. The van der Waals surface area contributed by atoms with Crippen molar-refractivity contribution in [1.82, 2.24) is 9.97 Å². The predicted octanol–water partition coefficient (Wildman–Crippen LogP) is 1.62. The molecular weight excluding hydrogens is 266 g/mol. The van der Waals surface area contributed by atoms with Gasteiger partial charge in [-0.2, -0.15) is 0 Å². The maximum atomic E-state index is 11.5. The highest BCUT2D eigenvalue weighted by Crippen LogP contribution is 2.31. The Morgan fingerprint density at radius 3 is 2.71 bits per heavy atom. The molecule has 1 fully saturated rings. The Balaban J connectivity index is 2.36. The molecule has 1 saturated heterocycles. The van der Waals surface area contributed by atoms with Crippen molar-refractivity contribution >= 4 is 17.5 Å². The highest BCUT2D eigenvalue weighted by atomic mass is 16.1. The predicted molar refractivity (Wildman–Crippen MR) is 84.4 cm³/mol. The fourth-order valence-corrected chi connectivity index (χ4v) is 2.87. The Hall–Kier alpha value is -1.85. The van der Waals surface area contributed by atoms with E-state index in [4.69, 9.17) is 5.73 Å². The maximum absolute atomic E-state index is 11.5. The summed E-state index contributed by atoms with van der Waals surface area (Å²) in [6.45, 7) is 9.58. The van der Waals surface area contributed by atoms with E-state index in [0.29, 0.717) is 12.6 Å². The van der Waals surface area contributed by atoms with Gasteiger partial charge >= 0.3 is 0 Å². The van der Waals surface area contributed by atoms with Gasteiger partial charge in [0, 0.05) is 24.7 Å². The van der Waals surface area contributed by atoms with Crippen LogP contribution in [0.5, 0.6) is 0 Å². The second-order valence-corrected chi connectivity index (χ2v) is 5.78. The number of amides is 1. The highest BCUT2D eigenvalue weighted by Gasteiger charge is 2.30. The molecule has 0 aromatic carbocycles. The monoisotopic (exact) mass is 291 g/mol. The lowest BCUT2D eigenvalue weighted by Crippen LogP contribution is -2.46. The first-order chi connectivity index (χ1) is 9.93. The lowest BCUT2D eigenvalue weighted by atomic mass is 9.92. The van der Waals surface area contributed by atoms with Crippen LogP contribution in [0.3, 0.4) is 0 Å². The smallest absolute Gasteiger partial charge is 0.222 e. The van der Waals surface area contributed by atoms with Gasteiger partial charge in [0.25, 0.3) is 0 Å². The van der Waals surface area contributed by atoms with E-state index in [1.54, 1.807) is 0 Å². The molecule has 1 aliphatic heterocycles. The fraction of sp³-hybridized carbons (Fsp3) is 0.667. The zero-order chi connectivity index (χ0) is 15.6. The summed E-state index contributed by atoms with van der Waals surface area (Å²) in [5.74, 6) is 2.20. The first-order valence-corrected chi connectivity index (χ1v) is 7.59.